The lowest BCUT2D eigenvalue weighted by Crippen LogP contribution is -2.57. The molecule has 44 heavy (non-hydrogen) atoms. The summed E-state index contributed by atoms with van der Waals surface area (Å²) in [5.74, 6) is -1.15. The van der Waals surface area contributed by atoms with Crippen LogP contribution >= 0.6 is 11.8 Å². The monoisotopic (exact) mass is 615 g/mol. The van der Waals surface area contributed by atoms with Crippen LogP contribution in [0.1, 0.15) is 43.7 Å². The summed E-state index contributed by atoms with van der Waals surface area (Å²) < 4.78 is -0.682. The van der Waals surface area contributed by atoms with Crippen LogP contribution in [-0.2, 0) is 27.5 Å². The second-order valence-electron chi connectivity index (χ2n) is 12.4. The Morgan fingerprint density at radius 2 is 1.50 bits per heavy atom. The fourth-order valence-corrected chi connectivity index (χ4v) is 10.1. The highest BCUT2D eigenvalue weighted by atomic mass is 32.2. The van der Waals surface area contributed by atoms with Crippen LogP contribution in [0.4, 0.5) is 0 Å². The van der Waals surface area contributed by atoms with Gasteiger partial charge in [0.05, 0.1) is 16.6 Å². The number of thioether (sulfide) groups is 1. The predicted molar refractivity (Wildman–Crippen MR) is 175 cm³/mol. The number of carbonyl (C=O) groups is 3. The fraction of sp³-hybridized carbons (Fsp3) is 0.472. The van der Waals surface area contributed by atoms with E-state index in [1.165, 1.54) is 0 Å². The molecule has 1 spiro atoms. The summed E-state index contributed by atoms with van der Waals surface area (Å²) in [6.07, 6.45) is 6.38. The van der Waals surface area contributed by atoms with E-state index < -0.39 is 22.6 Å². The Bertz CT molecular complexity index is 1340. The molecule has 7 nitrogen and oxygen atoms in total. The van der Waals surface area contributed by atoms with Crippen molar-refractivity contribution in [3.05, 3.63) is 97.1 Å². The van der Waals surface area contributed by atoms with E-state index in [0.717, 1.165) is 24.0 Å². The smallest absolute Gasteiger partial charge is 0.247 e. The van der Waals surface area contributed by atoms with Crippen LogP contribution in [0.15, 0.2) is 86.0 Å². The molecule has 8 heteroatoms. The van der Waals surface area contributed by atoms with E-state index in [2.05, 4.69) is 20.1 Å². The standard InChI is InChI=1S/C36H45N3O4S/c1-4-19-37(24-27-15-9-6-10-16-27)33(41)30-29-23-26(3)36(44-29)31(30)34(42)39(21-13-8-14-22-40)32(36)35(43)38(20-5-2)25-28-17-11-7-12-18-28/h4-7,9-12,15-18,26,29-32,40H,1-2,8,13-14,19-25H2,3H3/t26?,29-,30+,31-,32?,36?/m0/s1. The van der Waals surface area contributed by atoms with Crippen LogP contribution in [0.25, 0.3) is 0 Å². The number of unbranched alkanes of at least 4 members (excludes halogenated alkanes) is 2. The summed E-state index contributed by atoms with van der Waals surface area (Å²) in [5, 5.41) is 9.34. The van der Waals surface area contributed by atoms with Gasteiger partial charge in [-0.3, -0.25) is 14.4 Å². The highest BCUT2D eigenvalue weighted by Gasteiger charge is 2.76. The Morgan fingerprint density at radius 3 is 2.05 bits per heavy atom. The van der Waals surface area contributed by atoms with Gasteiger partial charge in [-0.15, -0.1) is 24.9 Å². The third-order valence-corrected chi connectivity index (χ3v) is 11.7. The van der Waals surface area contributed by atoms with Crippen molar-refractivity contribution in [2.24, 2.45) is 17.8 Å². The van der Waals surface area contributed by atoms with E-state index >= 15 is 0 Å². The number of likely N-dealkylation sites (tertiary alicyclic amines) is 1. The molecule has 0 radical (unpaired) electrons. The molecule has 0 aromatic heterocycles. The van der Waals surface area contributed by atoms with Crippen molar-refractivity contribution in [2.75, 3.05) is 26.2 Å². The maximum absolute atomic E-state index is 14.7. The van der Waals surface area contributed by atoms with Gasteiger partial charge in [-0.1, -0.05) is 79.7 Å². The zero-order valence-corrected chi connectivity index (χ0v) is 26.5. The van der Waals surface area contributed by atoms with Crippen LogP contribution < -0.4 is 0 Å². The average Bonchev–Trinajstić information content (AvgIpc) is 3.62. The summed E-state index contributed by atoms with van der Waals surface area (Å²) in [6, 6.07) is 19.1. The number of aliphatic hydroxyl groups is 1. The Labute approximate surface area is 266 Å². The van der Waals surface area contributed by atoms with Crippen LogP contribution in [0.2, 0.25) is 0 Å². The zero-order chi connectivity index (χ0) is 31.3. The molecule has 2 aromatic rings. The topological polar surface area (TPSA) is 81.2 Å². The number of amides is 3. The van der Waals surface area contributed by atoms with Gasteiger partial charge in [-0.05, 0) is 42.7 Å². The van der Waals surface area contributed by atoms with Crippen molar-refractivity contribution >= 4 is 29.5 Å². The van der Waals surface area contributed by atoms with Crippen molar-refractivity contribution < 1.29 is 19.5 Å². The average molecular weight is 616 g/mol. The molecule has 2 aromatic carbocycles. The first-order valence-electron chi connectivity index (χ1n) is 15.8. The number of benzene rings is 2. The summed E-state index contributed by atoms with van der Waals surface area (Å²) in [6.45, 7) is 12.1. The van der Waals surface area contributed by atoms with Crippen molar-refractivity contribution in [1.82, 2.24) is 14.7 Å². The molecule has 0 saturated carbocycles. The third-order valence-electron chi connectivity index (χ3n) is 9.58. The summed E-state index contributed by atoms with van der Waals surface area (Å²) in [4.78, 5) is 49.2. The van der Waals surface area contributed by atoms with Gasteiger partial charge in [0.1, 0.15) is 6.04 Å². The second-order valence-corrected chi connectivity index (χ2v) is 13.9. The highest BCUT2D eigenvalue weighted by Crippen LogP contribution is 2.69. The van der Waals surface area contributed by atoms with Gasteiger partial charge in [0.2, 0.25) is 17.7 Å². The minimum absolute atomic E-state index is 0.0247. The van der Waals surface area contributed by atoms with Crippen molar-refractivity contribution in [3.8, 4) is 0 Å². The number of aliphatic hydroxyl groups excluding tert-OH is 1. The predicted octanol–water partition coefficient (Wildman–Crippen LogP) is 4.92. The second kappa shape index (κ2) is 14.2. The van der Waals surface area contributed by atoms with Crippen LogP contribution in [0, 0.1) is 17.8 Å². The molecule has 5 rings (SSSR count). The summed E-state index contributed by atoms with van der Waals surface area (Å²) in [7, 11) is 0. The first-order valence-corrected chi connectivity index (χ1v) is 16.7. The van der Waals surface area contributed by atoms with Gasteiger partial charge in [-0.25, -0.2) is 0 Å². The van der Waals surface area contributed by atoms with Gasteiger partial charge in [0.15, 0.2) is 0 Å². The number of carbonyl (C=O) groups excluding carboxylic acids is 3. The molecular weight excluding hydrogens is 570 g/mol. The number of hydrogen-bond acceptors (Lipinski definition) is 5. The molecule has 3 aliphatic heterocycles. The Morgan fingerprint density at radius 1 is 0.932 bits per heavy atom. The van der Waals surface area contributed by atoms with E-state index in [0.29, 0.717) is 45.6 Å². The number of nitrogens with zero attached hydrogens (tertiary/aromatic N) is 3. The lowest BCUT2D eigenvalue weighted by Gasteiger charge is -2.41. The summed E-state index contributed by atoms with van der Waals surface area (Å²) in [5.41, 5.74) is 2.04. The van der Waals surface area contributed by atoms with E-state index in [-0.39, 0.29) is 35.5 Å². The Hall–Kier alpha value is -3.36. The molecule has 234 valence electrons. The molecule has 3 amide bonds. The Kier molecular flexibility index (Phi) is 10.3. The number of fused-ring (bicyclic) bond motifs is 1. The Balaban J connectivity index is 1.50. The van der Waals surface area contributed by atoms with E-state index in [4.69, 9.17) is 0 Å². The first-order chi connectivity index (χ1) is 21.4. The largest absolute Gasteiger partial charge is 0.396 e. The quantitative estimate of drug-likeness (QED) is 0.227. The number of hydrogen-bond donors (Lipinski definition) is 1. The van der Waals surface area contributed by atoms with Gasteiger partial charge in [0.25, 0.3) is 0 Å². The van der Waals surface area contributed by atoms with Crippen LogP contribution in [0.3, 0.4) is 0 Å². The lowest BCUT2D eigenvalue weighted by molar-refractivity contribution is -0.145. The minimum Gasteiger partial charge on any atom is -0.396 e. The first kappa shape index (κ1) is 32.0. The zero-order valence-electron chi connectivity index (χ0n) is 25.7. The van der Waals surface area contributed by atoms with Gasteiger partial charge >= 0.3 is 0 Å². The van der Waals surface area contributed by atoms with E-state index in [9.17, 15) is 19.5 Å². The molecule has 6 atom stereocenters. The van der Waals surface area contributed by atoms with Crippen LogP contribution in [0.5, 0.6) is 0 Å². The van der Waals surface area contributed by atoms with Gasteiger partial charge in [0, 0.05) is 44.6 Å². The summed E-state index contributed by atoms with van der Waals surface area (Å²) >= 11 is 1.72. The molecule has 3 unspecified atom stereocenters. The van der Waals surface area contributed by atoms with Crippen LogP contribution in [-0.4, -0.2) is 79.8 Å². The minimum atomic E-state index is -0.682. The normalized spacial score (nSPS) is 26.8. The van der Waals surface area contributed by atoms with E-state index in [1.807, 2.05) is 70.5 Å². The number of rotatable bonds is 15. The molecule has 0 aliphatic carbocycles. The molecule has 3 fully saturated rings. The van der Waals surface area contributed by atoms with E-state index in [1.54, 1.807) is 28.8 Å². The fourth-order valence-electron chi connectivity index (χ4n) is 7.66. The molecule has 3 aliphatic rings. The maximum atomic E-state index is 14.7. The van der Waals surface area contributed by atoms with Crippen molar-refractivity contribution in [2.45, 2.75) is 61.7 Å². The van der Waals surface area contributed by atoms with Crippen molar-refractivity contribution in [1.29, 1.82) is 0 Å². The van der Waals surface area contributed by atoms with Gasteiger partial charge < -0.3 is 19.8 Å². The SMILES string of the molecule is C=CCN(Cc1ccccc1)C(=O)C1N(CCCCCO)C(=O)[C@@H]2[C@H](C(=O)N(CC=C)Cc3ccccc3)[C@@H]3CC(C)C12S3. The molecular formula is C36H45N3O4S. The van der Waals surface area contributed by atoms with Gasteiger partial charge in [-0.2, -0.15) is 0 Å². The molecule has 1 N–H and O–H groups in total. The van der Waals surface area contributed by atoms with Crippen molar-refractivity contribution in [3.63, 3.8) is 0 Å². The molecule has 3 heterocycles. The third kappa shape index (κ3) is 5.98. The molecule has 2 bridgehead atoms. The molecule has 3 saturated heterocycles. The lowest BCUT2D eigenvalue weighted by atomic mass is 9.65. The highest BCUT2D eigenvalue weighted by molar-refractivity contribution is 8.02. The maximum Gasteiger partial charge on any atom is 0.247 e.